The van der Waals surface area contributed by atoms with Crippen molar-refractivity contribution in [1.29, 1.82) is 0 Å². The van der Waals surface area contributed by atoms with Crippen LogP contribution in [0.3, 0.4) is 0 Å². The molecule has 6 heteroatoms. The zero-order valence-corrected chi connectivity index (χ0v) is 7.78. The highest BCUT2D eigenvalue weighted by Gasteiger charge is 2.59. The minimum atomic E-state index is -2.93. The lowest BCUT2D eigenvalue weighted by Crippen LogP contribution is -2.44. The van der Waals surface area contributed by atoms with Gasteiger partial charge in [-0.15, -0.1) is 0 Å². The van der Waals surface area contributed by atoms with Crippen LogP contribution in [-0.2, 0) is 9.36 Å². The number of carbonyl (C=O) groups is 1. The van der Waals surface area contributed by atoms with Crippen LogP contribution in [0.1, 0.15) is 20.3 Å². The molecule has 0 heterocycles. The fourth-order valence-corrected chi connectivity index (χ4v) is 1.76. The Morgan fingerprint density at radius 2 is 2.08 bits per heavy atom. The molecule has 0 aliphatic heterocycles. The summed E-state index contributed by atoms with van der Waals surface area (Å²) in [4.78, 5) is 19.4. The molecule has 0 aromatic heterocycles. The van der Waals surface area contributed by atoms with E-state index in [1.54, 1.807) is 0 Å². The zero-order chi connectivity index (χ0) is 9.94. The maximum atomic E-state index is 10.7. The molecule has 0 amide bonds. The van der Waals surface area contributed by atoms with E-state index in [1.165, 1.54) is 13.8 Å². The molecule has 0 aliphatic carbocycles. The summed E-state index contributed by atoms with van der Waals surface area (Å²) in [7, 11) is -2.93. The minimum Gasteiger partial charge on any atom is -0.478 e. The molecule has 3 unspecified atom stereocenters. The molecule has 5 nitrogen and oxygen atoms in total. The van der Waals surface area contributed by atoms with Crippen LogP contribution < -0.4 is 0 Å². The second-order valence-corrected chi connectivity index (χ2v) is 3.88. The van der Waals surface area contributed by atoms with Gasteiger partial charge < -0.3 is 10.2 Å². The molecule has 0 aliphatic rings. The summed E-state index contributed by atoms with van der Waals surface area (Å²) in [5.41, 5.74) is 0. The lowest BCUT2D eigenvalue weighted by molar-refractivity contribution is -0.143. The van der Waals surface area contributed by atoms with Crippen LogP contribution in [0, 0.1) is 0 Å². The largest absolute Gasteiger partial charge is 0.526 e. The molecule has 0 spiro atoms. The van der Waals surface area contributed by atoms with Crippen LogP contribution in [0.25, 0.3) is 0 Å². The van der Waals surface area contributed by atoms with Gasteiger partial charge >= 0.3 is 19.2 Å². The Kier molecular flexibility index (Phi) is 3.77. The van der Waals surface area contributed by atoms with E-state index in [2.05, 4.69) is 0 Å². The van der Waals surface area contributed by atoms with Crippen molar-refractivity contribution < 1.29 is 24.5 Å². The summed E-state index contributed by atoms with van der Waals surface area (Å²) < 4.78 is 10.7. The Labute approximate surface area is 70.9 Å². The maximum absolute atomic E-state index is 10.7. The predicted octanol–water partition coefficient (Wildman–Crippen LogP) is 0.335. The smallest absolute Gasteiger partial charge is 0.478 e. The molecule has 0 fully saturated rings. The van der Waals surface area contributed by atoms with Gasteiger partial charge in [0.05, 0.1) is 0 Å². The second kappa shape index (κ2) is 3.94. The number of carboxylic acids is 1. The van der Waals surface area contributed by atoms with Gasteiger partial charge in [0.15, 0.2) is 0 Å². The molecule has 70 valence electrons. The lowest BCUT2D eigenvalue weighted by Gasteiger charge is -2.17. The van der Waals surface area contributed by atoms with E-state index in [0.717, 1.165) is 0 Å². The number of aliphatic hydroxyl groups is 1. The SMILES string of the molecule is CCC(C(=O)O)(C(C)O)[P+](=O)O. The third-order valence-electron chi connectivity index (χ3n) is 1.94. The summed E-state index contributed by atoms with van der Waals surface area (Å²) >= 11 is 0. The Hall–Kier alpha value is -0.510. The lowest BCUT2D eigenvalue weighted by atomic mass is 10.00. The van der Waals surface area contributed by atoms with Gasteiger partial charge in [0.1, 0.15) is 6.10 Å². The predicted molar refractivity (Wildman–Crippen MR) is 42.2 cm³/mol. The van der Waals surface area contributed by atoms with Crippen LogP contribution >= 0.6 is 8.03 Å². The molecule has 3 N–H and O–H groups in total. The highest BCUT2D eigenvalue weighted by Crippen LogP contribution is 2.41. The molecule has 0 bridgehead atoms. The van der Waals surface area contributed by atoms with Crippen molar-refractivity contribution in [3.8, 4) is 0 Å². The molecule has 0 aromatic rings. The van der Waals surface area contributed by atoms with E-state index in [1.807, 2.05) is 0 Å². The number of hydrogen-bond acceptors (Lipinski definition) is 3. The van der Waals surface area contributed by atoms with E-state index in [-0.39, 0.29) is 6.42 Å². The van der Waals surface area contributed by atoms with Crippen LogP contribution in [0.4, 0.5) is 0 Å². The van der Waals surface area contributed by atoms with Crippen molar-refractivity contribution >= 4 is 14.0 Å². The molecular formula is C6H12O5P+. The van der Waals surface area contributed by atoms with Gasteiger partial charge in [-0.2, -0.15) is 4.89 Å². The number of hydrogen-bond donors (Lipinski definition) is 3. The number of rotatable bonds is 4. The van der Waals surface area contributed by atoms with Gasteiger partial charge in [0, 0.05) is 6.42 Å². The van der Waals surface area contributed by atoms with Gasteiger partial charge in [-0.25, -0.2) is 4.79 Å². The van der Waals surface area contributed by atoms with E-state index in [0.29, 0.717) is 0 Å². The first-order valence-corrected chi connectivity index (χ1v) is 4.68. The Morgan fingerprint density at radius 1 is 1.67 bits per heavy atom. The Bertz CT molecular complexity index is 186. The van der Waals surface area contributed by atoms with Crippen molar-refractivity contribution in [3.63, 3.8) is 0 Å². The average Bonchev–Trinajstić information content (AvgIpc) is 1.86. The fourth-order valence-electron chi connectivity index (χ4n) is 1.00. The van der Waals surface area contributed by atoms with Crippen LogP contribution in [0.5, 0.6) is 0 Å². The minimum absolute atomic E-state index is 0.0777. The maximum Gasteiger partial charge on any atom is 0.526 e. The number of aliphatic hydroxyl groups excluding tert-OH is 1. The van der Waals surface area contributed by atoms with Crippen molar-refractivity contribution in [2.45, 2.75) is 31.5 Å². The van der Waals surface area contributed by atoms with E-state index < -0.39 is 25.3 Å². The van der Waals surface area contributed by atoms with E-state index >= 15 is 0 Å². The van der Waals surface area contributed by atoms with Crippen LogP contribution in [0.2, 0.25) is 0 Å². The van der Waals surface area contributed by atoms with Gasteiger partial charge in [0.2, 0.25) is 0 Å². The summed E-state index contributed by atoms with van der Waals surface area (Å²) in [6.45, 7) is 2.64. The quantitative estimate of drug-likeness (QED) is 0.562. The highest BCUT2D eigenvalue weighted by molar-refractivity contribution is 7.41. The van der Waals surface area contributed by atoms with Crippen molar-refractivity contribution in [2.24, 2.45) is 0 Å². The standard InChI is InChI=1S/C6H11O5P/c1-3-6(4(2)7,5(8)9)12(10)11/h4,7H,3H2,1-2H3,(H-,8,9,10,11)/p+1. The monoisotopic (exact) mass is 195 g/mol. The summed E-state index contributed by atoms with van der Waals surface area (Å²) in [6, 6.07) is 0. The molecule has 0 saturated carbocycles. The van der Waals surface area contributed by atoms with Crippen molar-refractivity contribution in [1.82, 2.24) is 0 Å². The molecule has 0 aromatic carbocycles. The summed E-state index contributed by atoms with van der Waals surface area (Å²) in [5.74, 6) is -1.44. The van der Waals surface area contributed by atoms with E-state index in [4.69, 9.17) is 15.1 Å². The van der Waals surface area contributed by atoms with Crippen molar-refractivity contribution in [2.75, 3.05) is 0 Å². The first-order valence-electron chi connectivity index (χ1n) is 3.47. The first-order chi connectivity index (χ1) is 5.39. The zero-order valence-electron chi connectivity index (χ0n) is 6.89. The van der Waals surface area contributed by atoms with Gasteiger partial charge in [-0.3, -0.25) is 0 Å². The Balaban J connectivity index is 5.04. The van der Waals surface area contributed by atoms with Gasteiger partial charge in [-0.05, 0) is 11.5 Å². The van der Waals surface area contributed by atoms with Crippen LogP contribution in [0.15, 0.2) is 0 Å². The van der Waals surface area contributed by atoms with Crippen molar-refractivity contribution in [3.05, 3.63) is 0 Å². The molecule has 12 heavy (non-hydrogen) atoms. The number of carboxylic acid groups (broad SMARTS) is 1. The summed E-state index contributed by atoms with van der Waals surface area (Å²) in [5, 5.41) is 15.8. The van der Waals surface area contributed by atoms with E-state index in [9.17, 15) is 9.36 Å². The summed E-state index contributed by atoms with van der Waals surface area (Å²) in [6.07, 6.45) is -1.42. The molecule has 0 rings (SSSR count). The molecule has 0 radical (unpaired) electrons. The Morgan fingerprint density at radius 3 is 2.08 bits per heavy atom. The molecular weight excluding hydrogens is 183 g/mol. The average molecular weight is 195 g/mol. The fraction of sp³-hybridized carbons (Fsp3) is 0.833. The normalized spacial score (nSPS) is 19.5. The molecule has 0 saturated heterocycles. The highest BCUT2D eigenvalue weighted by atomic mass is 31.1. The van der Waals surface area contributed by atoms with Crippen LogP contribution in [-0.4, -0.2) is 32.3 Å². The topological polar surface area (TPSA) is 94.8 Å². The first kappa shape index (κ1) is 11.5. The van der Waals surface area contributed by atoms with Gasteiger partial charge in [0.25, 0.3) is 0 Å². The molecule has 3 atom stereocenters. The third kappa shape index (κ3) is 1.63. The number of aliphatic carboxylic acids is 1. The van der Waals surface area contributed by atoms with Gasteiger partial charge in [-0.1, -0.05) is 6.92 Å². The second-order valence-electron chi connectivity index (χ2n) is 2.53. The third-order valence-corrected chi connectivity index (χ3v) is 3.51.